The van der Waals surface area contributed by atoms with Crippen molar-refractivity contribution in [2.75, 3.05) is 18.0 Å². The van der Waals surface area contributed by atoms with E-state index in [0.717, 1.165) is 17.2 Å². The topological polar surface area (TPSA) is 137 Å². The van der Waals surface area contributed by atoms with E-state index in [2.05, 4.69) is 15.1 Å². The third-order valence-corrected chi connectivity index (χ3v) is 8.32. The number of aromatic nitrogens is 4. The van der Waals surface area contributed by atoms with Gasteiger partial charge in [-0.1, -0.05) is 17.7 Å². The van der Waals surface area contributed by atoms with Gasteiger partial charge in [0.05, 0.1) is 49.3 Å². The second-order valence-corrected chi connectivity index (χ2v) is 13.0. The molecule has 2 aliphatic heterocycles. The van der Waals surface area contributed by atoms with Gasteiger partial charge < -0.3 is 20.3 Å². The molecule has 0 unspecified atom stereocenters. The Balaban J connectivity index is 1.30. The van der Waals surface area contributed by atoms with E-state index in [4.69, 9.17) is 22.1 Å². The van der Waals surface area contributed by atoms with Gasteiger partial charge in [0.25, 0.3) is 5.91 Å². The molecule has 5 heterocycles. The Morgan fingerprint density at radius 1 is 1.15 bits per heavy atom. The number of carbonyl (C=O) groups excluding carboxylic acids is 3. The second-order valence-electron chi connectivity index (χ2n) is 12.6. The highest BCUT2D eigenvalue weighted by molar-refractivity contribution is 6.33. The molecule has 15 heteroatoms. The van der Waals surface area contributed by atoms with E-state index >= 15 is 4.39 Å². The van der Waals surface area contributed by atoms with Gasteiger partial charge in [-0.2, -0.15) is 5.10 Å². The SMILES string of the molecule is CC(C)(C)OC(=O)CC[C@@H](C(N)=O)N1Cc2c(ccc(Cn3ncc4c(-c5ncc(F)cc5Cl)cc(N5CC(F)C5)nc43)c2F)C1=O. The van der Waals surface area contributed by atoms with Crippen molar-refractivity contribution in [1.29, 1.82) is 0 Å². The van der Waals surface area contributed by atoms with Crippen molar-refractivity contribution in [2.24, 2.45) is 5.73 Å². The molecule has 6 rings (SSSR count). The monoisotopic (exact) mass is 669 g/mol. The molecule has 11 nitrogen and oxygen atoms in total. The minimum atomic E-state index is -1.15. The van der Waals surface area contributed by atoms with Crippen molar-refractivity contribution in [1.82, 2.24) is 24.6 Å². The van der Waals surface area contributed by atoms with Crippen LogP contribution in [0.15, 0.2) is 36.7 Å². The maximum absolute atomic E-state index is 16.1. The summed E-state index contributed by atoms with van der Waals surface area (Å²) >= 11 is 6.35. The number of hydrogen-bond donors (Lipinski definition) is 1. The lowest BCUT2D eigenvalue weighted by Crippen LogP contribution is -2.48. The highest BCUT2D eigenvalue weighted by Crippen LogP contribution is 2.36. The van der Waals surface area contributed by atoms with Crippen LogP contribution in [-0.2, 0) is 27.4 Å². The van der Waals surface area contributed by atoms with E-state index in [-0.39, 0.29) is 66.4 Å². The number of fused-ring (bicyclic) bond motifs is 2. The molecule has 0 radical (unpaired) electrons. The molecule has 1 atom stereocenters. The smallest absolute Gasteiger partial charge is 0.306 e. The van der Waals surface area contributed by atoms with Crippen LogP contribution in [0.4, 0.5) is 19.0 Å². The normalized spacial score (nSPS) is 15.6. The van der Waals surface area contributed by atoms with Gasteiger partial charge in [-0.25, -0.2) is 22.8 Å². The van der Waals surface area contributed by atoms with Gasteiger partial charge in [0.1, 0.15) is 35.3 Å². The molecule has 0 aliphatic carbocycles. The van der Waals surface area contributed by atoms with Crippen molar-refractivity contribution in [2.45, 2.75) is 64.5 Å². The molecule has 3 aromatic heterocycles. The molecule has 2 aliphatic rings. The lowest BCUT2D eigenvalue weighted by Gasteiger charge is -2.35. The molecular weight excluding hydrogens is 639 g/mol. The molecule has 0 spiro atoms. The Bertz CT molecular complexity index is 1920. The summed E-state index contributed by atoms with van der Waals surface area (Å²) in [5.41, 5.74) is 6.33. The number of ether oxygens (including phenoxy) is 1. The minimum Gasteiger partial charge on any atom is -0.460 e. The van der Waals surface area contributed by atoms with E-state index in [1.165, 1.54) is 23.0 Å². The Morgan fingerprint density at radius 3 is 2.55 bits per heavy atom. The zero-order valence-electron chi connectivity index (χ0n) is 25.8. The largest absolute Gasteiger partial charge is 0.460 e. The van der Waals surface area contributed by atoms with Crippen molar-refractivity contribution in [3.63, 3.8) is 0 Å². The summed E-state index contributed by atoms with van der Waals surface area (Å²) in [4.78, 5) is 49.7. The quantitative estimate of drug-likeness (QED) is 0.256. The zero-order valence-corrected chi connectivity index (χ0v) is 26.5. The first-order valence-corrected chi connectivity index (χ1v) is 15.3. The standard InChI is InChI=1S/C32H31ClF3N7O4/c1-32(2,3)47-26(44)7-6-24(29(37)45)42-15-22-19(31(42)46)5-4-16(27(22)36)12-43-30-21(11-39-43)20(28-23(33)8-17(34)10-38-28)9-25(40-30)41-13-18(35)14-41/h4-5,8-11,18,24H,6-7,12-15H2,1-3H3,(H2,37,45)/t24-/m0/s1. The van der Waals surface area contributed by atoms with Crippen LogP contribution in [0.2, 0.25) is 5.02 Å². The van der Waals surface area contributed by atoms with E-state index in [1.54, 1.807) is 31.7 Å². The van der Waals surface area contributed by atoms with Gasteiger partial charge in [-0.15, -0.1) is 0 Å². The highest BCUT2D eigenvalue weighted by Gasteiger charge is 2.38. The van der Waals surface area contributed by atoms with Gasteiger partial charge in [0, 0.05) is 34.1 Å². The van der Waals surface area contributed by atoms with Gasteiger partial charge >= 0.3 is 5.97 Å². The van der Waals surface area contributed by atoms with Gasteiger partial charge in [-0.3, -0.25) is 19.4 Å². The first-order chi connectivity index (χ1) is 22.2. The lowest BCUT2D eigenvalue weighted by atomic mass is 10.0. The number of nitrogens with zero attached hydrogens (tertiary/aromatic N) is 6. The van der Waals surface area contributed by atoms with Crippen LogP contribution in [0.1, 0.15) is 55.1 Å². The van der Waals surface area contributed by atoms with Gasteiger partial charge in [0.15, 0.2) is 5.65 Å². The molecule has 1 fully saturated rings. The molecule has 47 heavy (non-hydrogen) atoms. The number of amides is 2. The Labute approximate surface area is 272 Å². The van der Waals surface area contributed by atoms with Crippen molar-refractivity contribution in [3.05, 3.63) is 70.0 Å². The summed E-state index contributed by atoms with van der Waals surface area (Å²) in [6, 6.07) is 4.59. The molecule has 246 valence electrons. The molecule has 2 amide bonds. The molecule has 2 N–H and O–H groups in total. The summed E-state index contributed by atoms with van der Waals surface area (Å²) in [6.45, 7) is 5.07. The average Bonchev–Trinajstić information content (AvgIpc) is 3.52. The number of nitrogens with two attached hydrogens (primary N) is 1. The van der Waals surface area contributed by atoms with E-state index in [1.807, 2.05) is 0 Å². The van der Waals surface area contributed by atoms with Crippen LogP contribution in [0, 0.1) is 11.6 Å². The minimum absolute atomic E-state index is 0.0578. The number of halogens is 4. The first-order valence-electron chi connectivity index (χ1n) is 14.9. The van der Waals surface area contributed by atoms with Crippen LogP contribution >= 0.6 is 11.6 Å². The van der Waals surface area contributed by atoms with Crippen molar-refractivity contribution >= 4 is 46.2 Å². The van der Waals surface area contributed by atoms with Gasteiger partial charge in [0.2, 0.25) is 5.91 Å². The molecule has 1 aromatic carbocycles. The average molecular weight is 670 g/mol. The van der Waals surface area contributed by atoms with Crippen LogP contribution in [0.25, 0.3) is 22.3 Å². The third kappa shape index (κ3) is 6.33. The predicted octanol–water partition coefficient (Wildman–Crippen LogP) is 4.56. The maximum atomic E-state index is 16.1. The maximum Gasteiger partial charge on any atom is 0.306 e. The third-order valence-electron chi connectivity index (χ3n) is 8.03. The Kier molecular flexibility index (Phi) is 8.32. The molecule has 0 bridgehead atoms. The second kappa shape index (κ2) is 12.1. The number of esters is 1. The fourth-order valence-electron chi connectivity index (χ4n) is 5.79. The summed E-state index contributed by atoms with van der Waals surface area (Å²) in [5.74, 6) is -2.82. The number of carbonyl (C=O) groups is 3. The van der Waals surface area contributed by atoms with Gasteiger partial charge in [-0.05, 0) is 45.4 Å². The van der Waals surface area contributed by atoms with Crippen LogP contribution in [-0.4, -0.2) is 73.3 Å². The molecule has 4 aromatic rings. The Hall–Kier alpha value is -4.72. The summed E-state index contributed by atoms with van der Waals surface area (Å²) in [7, 11) is 0. The lowest BCUT2D eigenvalue weighted by molar-refractivity contribution is -0.155. The number of rotatable bonds is 9. The van der Waals surface area contributed by atoms with Crippen molar-refractivity contribution in [3.8, 4) is 11.3 Å². The number of primary amides is 1. The molecule has 1 saturated heterocycles. The number of anilines is 1. The number of benzene rings is 1. The van der Waals surface area contributed by atoms with E-state index in [0.29, 0.717) is 22.4 Å². The van der Waals surface area contributed by atoms with Crippen LogP contribution in [0.5, 0.6) is 0 Å². The van der Waals surface area contributed by atoms with Crippen LogP contribution in [0.3, 0.4) is 0 Å². The number of hydrogen-bond acceptors (Lipinski definition) is 8. The summed E-state index contributed by atoms with van der Waals surface area (Å²) < 4.78 is 50.4. The highest BCUT2D eigenvalue weighted by atomic mass is 35.5. The Morgan fingerprint density at radius 2 is 1.89 bits per heavy atom. The first kappa shape index (κ1) is 32.2. The fraction of sp³-hybridized carbons (Fsp3) is 0.375. The van der Waals surface area contributed by atoms with Crippen LogP contribution < -0.4 is 10.6 Å². The fourth-order valence-corrected chi connectivity index (χ4v) is 6.04. The van der Waals surface area contributed by atoms with E-state index < -0.39 is 47.2 Å². The molecule has 0 saturated carbocycles. The summed E-state index contributed by atoms with van der Waals surface area (Å²) in [5, 5.41) is 4.99. The summed E-state index contributed by atoms with van der Waals surface area (Å²) in [6.07, 6.45) is 1.28. The molecular formula is C32H31ClF3N7O4. The number of alkyl halides is 1. The zero-order chi connectivity index (χ0) is 33.8. The van der Waals surface area contributed by atoms with E-state index in [9.17, 15) is 23.2 Å². The van der Waals surface area contributed by atoms with Crippen molar-refractivity contribution < 1.29 is 32.3 Å². The predicted molar refractivity (Wildman–Crippen MR) is 166 cm³/mol. The number of pyridine rings is 2.